The van der Waals surface area contributed by atoms with Crippen molar-refractivity contribution in [3.05, 3.63) is 0 Å². The summed E-state index contributed by atoms with van der Waals surface area (Å²) in [6.45, 7) is 4.57. The van der Waals surface area contributed by atoms with E-state index in [1.165, 1.54) is 45.3 Å². The van der Waals surface area contributed by atoms with Gasteiger partial charge in [-0.1, -0.05) is 0 Å². The Labute approximate surface area is 93.0 Å². The average Bonchev–Trinajstić information content (AvgIpc) is 2.98. The van der Waals surface area contributed by atoms with E-state index < -0.39 is 0 Å². The first-order valence-electron chi connectivity index (χ1n) is 6.26. The summed E-state index contributed by atoms with van der Waals surface area (Å²) in [6, 6.07) is 0.464. The largest absolute Gasteiger partial charge is 0.384 e. The van der Waals surface area contributed by atoms with Gasteiger partial charge in [0.2, 0.25) is 0 Å². The predicted octanol–water partition coefficient (Wildman–Crippen LogP) is 1.08. The first-order valence-corrected chi connectivity index (χ1v) is 6.26. The Hall–Kier alpha value is -0.120. The molecule has 0 aromatic heterocycles. The van der Waals surface area contributed by atoms with Crippen LogP contribution in [0, 0.1) is 11.8 Å². The van der Waals surface area contributed by atoms with Gasteiger partial charge in [-0.05, 0) is 50.6 Å². The number of rotatable bonds is 6. The van der Waals surface area contributed by atoms with Gasteiger partial charge in [0, 0.05) is 19.7 Å². The Morgan fingerprint density at radius 1 is 1.40 bits per heavy atom. The van der Waals surface area contributed by atoms with Crippen molar-refractivity contribution >= 4 is 0 Å². The smallest absolute Gasteiger partial charge is 0.0503 e. The van der Waals surface area contributed by atoms with Crippen molar-refractivity contribution in [2.75, 3.05) is 33.4 Å². The van der Waals surface area contributed by atoms with Gasteiger partial charge in [0.25, 0.3) is 0 Å². The highest BCUT2D eigenvalue weighted by Crippen LogP contribution is 2.33. The number of nitrogens with zero attached hydrogens (tertiary/aromatic N) is 1. The molecule has 1 heterocycles. The molecule has 0 radical (unpaired) electrons. The lowest BCUT2D eigenvalue weighted by atomic mass is 10.1. The second kappa shape index (κ2) is 5.28. The molecule has 1 aliphatic carbocycles. The number of ether oxygens (including phenoxy) is 1. The molecule has 88 valence electrons. The second-order valence-electron chi connectivity index (χ2n) is 5.20. The number of methoxy groups -OCH3 is 1. The van der Waals surface area contributed by atoms with Crippen LogP contribution in [0.15, 0.2) is 0 Å². The van der Waals surface area contributed by atoms with Gasteiger partial charge in [-0.3, -0.25) is 0 Å². The van der Waals surface area contributed by atoms with E-state index in [-0.39, 0.29) is 0 Å². The Balaban J connectivity index is 1.59. The van der Waals surface area contributed by atoms with E-state index in [1.54, 1.807) is 7.11 Å². The maximum atomic E-state index is 6.10. The van der Waals surface area contributed by atoms with Gasteiger partial charge in [-0.25, -0.2) is 0 Å². The molecule has 0 bridgehead atoms. The van der Waals surface area contributed by atoms with Crippen LogP contribution in [0.1, 0.15) is 25.7 Å². The molecule has 2 atom stereocenters. The monoisotopic (exact) mass is 212 g/mol. The van der Waals surface area contributed by atoms with Gasteiger partial charge in [0.15, 0.2) is 0 Å². The van der Waals surface area contributed by atoms with E-state index >= 15 is 0 Å². The SMILES string of the molecule is COCC1CCN(CCC(N)C2CC2)C1. The topological polar surface area (TPSA) is 38.5 Å². The summed E-state index contributed by atoms with van der Waals surface area (Å²) in [6.07, 6.45) is 5.22. The quantitative estimate of drug-likeness (QED) is 0.716. The van der Waals surface area contributed by atoms with Crippen molar-refractivity contribution in [1.82, 2.24) is 4.90 Å². The molecule has 2 N–H and O–H groups in total. The second-order valence-corrected chi connectivity index (χ2v) is 5.20. The highest BCUT2D eigenvalue weighted by atomic mass is 16.5. The van der Waals surface area contributed by atoms with Crippen molar-refractivity contribution in [2.45, 2.75) is 31.7 Å². The highest BCUT2D eigenvalue weighted by Gasteiger charge is 2.29. The van der Waals surface area contributed by atoms with E-state index in [2.05, 4.69) is 4.90 Å². The molecule has 3 heteroatoms. The van der Waals surface area contributed by atoms with Crippen molar-refractivity contribution in [3.63, 3.8) is 0 Å². The fraction of sp³-hybridized carbons (Fsp3) is 1.00. The lowest BCUT2D eigenvalue weighted by Crippen LogP contribution is -2.30. The Bertz CT molecular complexity index is 194. The zero-order chi connectivity index (χ0) is 10.7. The maximum Gasteiger partial charge on any atom is 0.0503 e. The molecule has 2 unspecified atom stereocenters. The number of hydrogen-bond donors (Lipinski definition) is 1. The van der Waals surface area contributed by atoms with Crippen molar-refractivity contribution in [1.29, 1.82) is 0 Å². The molecule has 2 fully saturated rings. The van der Waals surface area contributed by atoms with Crippen LogP contribution in [0.25, 0.3) is 0 Å². The molecule has 0 spiro atoms. The van der Waals surface area contributed by atoms with Gasteiger partial charge >= 0.3 is 0 Å². The van der Waals surface area contributed by atoms with Crippen molar-refractivity contribution in [2.24, 2.45) is 17.6 Å². The molecule has 1 aliphatic heterocycles. The minimum Gasteiger partial charge on any atom is -0.384 e. The van der Waals surface area contributed by atoms with E-state index in [0.29, 0.717) is 6.04 Å². The third-order valence-electron chi connectivity index (χ3n) is 3.78. The standard InChI is InChI=1S/C12H24N2O/c1-15-9-10-4-6-14(8-10)7-5-12(13)11-2-3-11/h10-12H,2-9,13H2,1H3. The third-order valence-corrected chi connectivity index (χ3v) is 3.78. The molecular formula is C12H24N2O. The van der Waals surface area contributed by atoms with Gasteiger partial charge in [0.1, 0.15) is 0 Å². The van der Waals surface area contributed by atoms with Crippen LogP contribution in [0.5, 0.6) is 0 Å². The van der Waals surface area contributed by atoms with Crippen LogP contribution >= 0.6 is 0 Å². The van der Waals surface area contributed by atoms with Gasteiger partial charge in [-0.2, -0.15) is 0 Å². The van der Waals surface area contributed by atoms with Crippen molar-refractivity contribution in [3.8, 4) is 0 Å². The van der Waals surface area contributed by atoms with Crippen LogP contribution < -0.4 is 5.73 Å². The van der Waals surface area contributed by atoms with E-state index in [1.807, 2.05) is 0 Å². The van der Waals surface area contributed by atoms with Crippen LogP contribution in [0.4, 0.5) is 0 Å². The molecule has 0 amide bonds. The summed E-state index contributed by atoms with van der Waals surface area (Å²) in [5.41, 5.74) is 6.10. The minimum absolute atomic E-state index is 0.464. The fourth-order valence-corrected chi connectivity index (χ4v) is 2.58. The highest BCUT2D eigenvalue weighted by molar-refractivity contribution is 4.85. The molecule has 2 aliphatic rings. The molecule has 15 heavy (non-hydrogen) atoms. The van der Waals surface area contributed by atoms with Gasteiger partial charge < -0.3 is 15.4 Å². The number of hydrogen-bond acceptors (Lipinski definition) is 3. The Morgan fingerprint density at radius 2 is 2.20 bits per heavy atom. The summed E-state index contributed by atoms with van der Waals surface area (Å²) < 4.78 is 5.20. The van der Waals surface area contributed by atoms with Crippen LogP contribution in [-0.4, -0.2) is 44.3 Å². The lowest BCUT2D eigenvalue weighted by molar-refractivity contribution is 0.153. The molecule has 0 aromatic carbocycles. The van der Waals surface area contributed by atoms with E-state index in [0.717, 1.165) is 18.4 Å². The zero-order valence-corrected chi connectivity index (χ0v) is 9.82. The summed E-state index contributed by atoms with van der Waals surface area (Å²) in [5, 5.41) is 0. The maximum absolute atomic E-state index is 6.10. The van der Waals surface area contributed by atoms with E-state index in [4.69, 9.17) is 10.5 Å². The zero-order valence-electron chi connectivity index (χ0n) is 9.82. The molecule has 1 saturated heterocycles. The molecule has 2 rings (SSSR count). The lowest BCUT2D eigenvalue weighted by Gasteiger charge is -2.18. The minimum atomic E-state index is 0.464. The normalized spacial score (nSPS) is 29.6. The first-order chi connectivity index (χ1) is 7.29. The van der Waals surface area contributed by atoms with Crippen molar-refractivity contribution < 1.29 is 4.74 Å². The fourth-order valence-electron chi connectivity index (χ4n) is 2.58. The number of nitrogens with two attached hydrogens (primary N) is 1. The Kier molecular flexibility index (Phi) is 4.00. The average molecular weight is 212 g/mol. The predicted molar refractivity (Wildman–Crippen MR) is 61.7 cm³/mol. The molecule has 3 nitrogen and oxygen atoms in total. The van der Waals surface area contributed by atoms with E-state index in [9.17, 15) is 0 Å². The van der Waals surface area contributed by atoms with Crippen LogP contribution in [-0.2, 0) is 4.74 Å². The number of likely N-dealkylation sites (tertiary alicyclic amines) is 1. The van der Waals surface area contributed by atoms with Crippen LogP contribution in [0.3, 0.4) is 0 Å². The molecular weight excluding hydrogens is 188 g/mol. The van der Waals surface area contributed by atoms with Gasteiger partial charge in [0.05, 0.1) is 6.61 Å². The van der Waals surface area contributed by atoms with Crippen LogP contribution in [0.2, 0.25) is 0 Å². The van der Waals surface area contributed by atoms with Gasteiger partial charge in [-0.15, -0.1) is 0 Å². The molecule has 0 aromatic rings. The third kappa shape index (κ3) is 3.44. The summed E-state index contributed by atoms with van der Waals surface area (Å²) in [7, 11) is 1.80. The Morgan fingerprint density at radius 3 is 2.87 bits per heavy atom. The first kappa shape index (κ1) is 11.4. The summed E-state index contributed by atoms with van der Waals surface area (Å²) in [4.78, 5) is 2.55. The molecule has 1 saturated carbocycles. The summed E-state index contributed by atoms with van der Waals surface area (Å²) >= 11 is 0. The summed E-state index contributed by atoms with van der Waals surface area (Å²) in [5.74, 6) is 1.61.